The number of hydrogen-bond donors (Lipinski definition) is 0. The van der Waals surface area contributed by atoms with E-state index in [1.807, 2.05) is 13.0 Å². The highest BCUT2D eigenvalue weighted by molar-refractivity contribution is 9.11. The third-order valence-electron chi connectivity index (χ3n) is 0.984. The fraction of sp³-hybridized carbons (Fsp3) is 0.125. The minimum Gasteiger partial charge on any atom is -0.192 e. The molecule has 0 N–H and O–H groups in total. The average molecular weight is 198 g/mol. The number of rotatable bonds is 2. The summed E-state index contributed by atoms with van der Waals surface area (Å²) in [5.74, 6) is 0. The van der Waals surface area contributed by atoms with Gasteiger partial charge in [0.1, 0.15) is 0 Å². The number of halogens is 1. The summed E-state index contributed by atoms with van der Waals surface area (Å²) in [5, 5.41) is 8.38. The SMILES string of the molecule is C=C(Br)/C=C(/C)C(=C)C#N. The van der Waals surface area contributed by atoms with Gasteiger partial charge in [-0.15, -0.1) is 0 Å². The normalized spacial score (nSPS) is 10.3. The monoisotopic (exact) mass is 197 g/mol. The van der Waals surface area contributed by atoms with Crippen molar-refractivity contribution in [3.05, 3.63) is 34.9 Å². The van der Waals surface area contributed by atoms with E-state index in [9.17, 15) is 0 Å². The van der Waals surface area contributed by atoms with Crippen LogP contribution in [-0.4, -0.2) is 0 Å². The molecule has 0 spiro atoms. The quantitative estimate of drug-likeness (QED) is 0.494. The topological polar surface area (TPSA) is 23.8 Å². The third kappa shape index (κ3) is 3.26. The van der Waals surface area contributed by atoms with E-state index >= 15 is 0 Å². The van der Waals surface area contributed by atoms with Crippen LogP contribution >= 0.6 is 15.9 Å². The van der Waals surface area contributed by atoms with Crippen molar-refractivity contribution in [3.8, 4) is 6.07 Å². The molecule has 0 saturated carbocycles. The summed E-state index contributed by atoms with van der Waals surface area (Å²) < 4.78 is 0.751. The van der Waals surface area contributed by atoms with Gasteiger partial charge >= 0.3 is 0 Å². The molecule has 0 saturated heterocycles. The molecule has 0 amide bonds. The third-order valence-corrected chi connectivity index (χ3v) is 1.21. The molecule has 10 heavy (non-hydrogen) atoms. The molecule has 0 aliphatic rings. The Morgan fingerprint density at radius 1 is 1.60 bits per heavy atom. The van der Waals surface area contributed by atoms with Gasteiger partial charge in [0.25, 0.3) is 0 Å². The first-order chi connectivity index (χ1) is 4.57. The van der Waals surface area contributed by atoms with E-state index in [1.54, 1.807) is 6.08 Å². The minimum atomic E-state index is 0.473. The van der Waals surface area contributed by atoms with E-state index in [0.29, 0.717) is 5.57 Å². The fourth-order valence-electron chi connectivity index (χ4n) is 0.410. The van der Waals surface area contributed by atoms with Crippen LogP contribution < -0.4 is 0 Å². The van der Waals surface area contributed by atoms with Gasteiger partial charge in [-0.25, -0.2) is 0 Å². The van der Waals surface area contributed by atoms with Crippen LogP contribution in [0.15, 0.2) is 34.9 Å². The Bertz CT molecular complexity index is 230. The maximum Gasteiger partial charge on any atom is 0.0988 e. The van der Waals surface area contributed by atoms with Crippen LogP contribution in [0.4, 0.5) is 0 Å². The molecule has 0 fully saturated rings. The van der Waals surface area contributed by atoms with Gasteiger partial charge in [0.2, 0.25) is 0 Å². The van der Waals surface area contributed by atoms with Gasteiger partial charge in [-0.05, 0) is 18.6 Å². The van der Waals surface area contributed by atoms with Crippen LogP contribution in [0.5, 0.6) is 0 Å². The number of hydrogen-bond acceptors (Lipinski definition) is 1. The molecule has 0 unspecified atom stereocenters. The second-order valence-corrected chi connectivity index (χ2v) is 2.88. The van der Waals surface area contributed by atoms with Gasteiger partial charge in [0.15, 0.2) is 0 Å². The molecule has 0 aliphatic carbocycles. The first kappa shape index (κ1) is 9.19. The molecule has 0 aromatic rings. The van der Waals surface area contributed by atoms with Crippen molar-refractivity contribution >= 4 is 15.9 Å². The molecule has 0 bridgehead atoms. The summed E-state index contributed by atoms with van der Waals surface area (Å²) in [5.41, 5.74) is 1.31. The Morgan fingerprint density at radius 2 is 2.10 bits per heavy atom. The van der Waals surface area contributed by atoms with Crippen LogP contribution in [0.2, 0.25) is 0 Å². The Hall–Kier alpha value is -0.810. The lowest BCUT2D eigenvalue weighted by Gasteiger charge is -1.93. The maximum absolute atomic E-state index is 8.38. The zero-order valence-electron chi connectivity index (χ0n) is 5.82. The molecule has 0 atom stereocenters. The molecule has 2 heteroatoms. The molecule has 0 aromatic heterocycles. The molecular formula is C8H8BrN. The van der Waals surface area contributed by atoms with E-state index in [0.717, 1.165) is 10.1 Å². The number of nitrogens with zero attached hydrogens (tertiary/aromatic N) is 1. The van der Waals surface area contributed by atoms with Crippen molar-refractivity contribution in [1.29, 1.82) is 5.26 Å². The van der Waals surface area contributed by atoms with Crippen molar-refractivity contribution in [2.75, 3.05) is 0 Å². The van der Waals surface area contributed by atoms with Crippen LogP contribution in [0.25, 0.3) is 0 Å². The number of nitriles is 1. The molecule has 0 radical (unpaired) electrons. The van der Waals surface area contributed by atoms with Gasteiger partial charge in [0, 0.05) is 10.1 Å². The first-order valence-electron chi connectivity index (χ1n) is 2.70. The summed E-state index contributed by atoms with van der Waals surface area (Å²) in [4.78, 5) is 0. The summed E-state index contributed by atoms with van der Waals surface area (Å²) >= 11 is 3.15. The van der Waals surface area contributed by atoms with Crippen molar-refractivity contribution in [2.24, 2.45) is 0 Å². The van der Waals surface area contributed by atoms with Gasteiger partial charge in [-0.2, -0.15) is 5.26 Å². The zero-order valence-corrected chi connectivity index (χ0v) is 7.40. The Balaban J connectivity index is 4.38. The molecule has 0 aromatic carbocycles. The summed E-state index contributed by atoms with van der Waals surface area (Å²) in [7, 11) is 0. The standard InChI is InChI=1S/C8H8BrN/c1-6(4-8(3)9)7(2)5-10/h4H,2-3H2,1H3/b6-4-. The Kier molecular flexibility index (Phi) is 3.75. The predicted molar refractivity (Wildman–Crippen MR) is 46.6 cm³/mol. The van der Waals surface area contributed by atoms with E-state index in [-0.39, 0.29) is 0 Å². The van der Waals surface area contributed by atoms with Gasteiger partial charge in [0.05, 0.1) is 6.07 Å². The van der Waals surface area contributed by atoms with Crippen LogP contribution in [0, 0.1) is 11.3 Å². The van der Waals surface area contributed by atoms with Crippen LogP contribution in [0.3, 0.4) is 0 Å². The molecule has 0 rings (SSSR count). The molecular weight excluding hydrogens is 190 g/mol. The summed E-state index contributed by atoms with van der Waals surface area (Å²) in [6, 6.07) is 1.95. The first-order valence-corrected chi connectivity index (χ1v) is 3.49. The number of allylic oxidation sites excluding steroid dienone is 4. The fourth-order valence-corrected chi connectivity index (χ4v) is 0.754. The van der Waals surface area contributed by atoms with E-state index in [4.69, 9.17) is 5.26 Å². The van der Waals surface area contributed by atoms with Crippen molar-refractivity contribution in [1.82, 2.24) is 0 Å². The van der Waals surface area contributed by atoms with Crippen molar-refractivity contribution < 1.29 is 0 Å². The van der Waals surface area contributed by atoms with Gasteiger partial charge in [-0.1, -0.05) is 29.1 Å². The highest BCUT2D eigenvalue weighted by atomic mass is 79.9. The Labute approximate surface area is 69.5 Å². The lowest BCUT2D eigenvalue weighted by atomic mass is 10.1. The Morgan fingerprint density at radius 3 is 2.40 bits per heavy atom. The van der Waals surface area contributed by atoms with E-state index in [2.05, 4.69) is 29.1 Å². The molecule has 0 aliphatic heterocycles. The molecule has 1 nitrogen and oxygen atoms in total. The minimum absolute atomic E-state index is 0.473. The highest BCUT2D eigenvalue weighted by Gasteiger charge is 1.92. The zero-order chi connectivity index (χ0) is 8.15. The second-order valence-electron chi connectivity index (χ2n) is 1.86. The van der Waals surface area contributed by atoms with Crippen molar-refractivity contribution in [3.63, 3.8) is 0 Å². The molecule has 0 heterocycles. The second kappa shape index (κ2) is 4.08. The van der Waals surface area contributed by atoms with Crippen molar-refractivity contribution in [2.45, 2.75) is 6.92 Å². The average Bonchev–Trinajstić information content (AvgIpc) is 1.85. The smallest absolute Gasteiger partial charge is 0.0988 e. The summed E-state index contributed by atoms with van der Waals surface area (Å²) in [6.45, 7) is 8.95. The highest BCUT2D eigenvalue weighted by Crippen LogP contribution is 2.11. The predicted octanol–water partition coefficient (Wildman–Crippen LogP) is 2.92. The van der Waals surface area contributed by atoms with Gasteiger partial charge in [-0.3, -0.25) is 0 Å². The van der Waals surface area contributed by atoms with Crippen LogP contribution in [0.1, 0.15) is 6.92 Å². The van der Waals surface area contributed by atoms with Gasteiger partial charge < -0.3 is 0 Å². The molecule has 52 valence electrons. The lowest BCUT2D eigenvalue weighted by molar-refractivity contribution is 1.41. The summed E-state index contributed by atoms with van der Waals surface area (Å²) in [6.07, 6.45) is 1.76. The largest absolute Gasteiger partial charge is 0.192 e. The van der Waals surface area contributed by atoms with Crippen LogP contribution in [-0.2, 0) is 0 Å². The van der Waals surface area contributed by atoms with E-state index < -0.39 is 0 Å². The maximum atomic E-state index is 8.38. The lowest BCUT2D eigenvalue weighted by Crippen LogP contribution is -1.77. The van der Waals surface area contributed by atoms with E-state index in [1.165, 1.54) is 0 Å².